The van der Waals surface area contributed by atoms with Crippen molar-refractivity contribution in [3.63, 3.8) is 0 Å². The first kappa shape index (κ1) is 20.3. The van der Waals surface area contributed by atoms with Crippen LogP contribution in [-0.4, -0.2) is 25.0 Å². The maximum absolute atomic E-state index is 5.32. The van der Waals surface area contributed by atoms with Crippen molar-refractivity contribution in [2.24, 2.45) is 4.99 Å². The molecule has 3 rings (SSSR count). The average Bonchev–Trinajstić information content (AvgIpc) is 2.78. The molecular formula is C25H27N3O. The van der Waals surface area contributed by atoms with Crippen molar-refractivity contribution in [3.05, 3.63) is 102 Å². The molecule has 0 spiro atoms. The number of methoxy groups -OCH3 is 1. The topological polar surface area (TPSA) is 46.5 Å². The van der Waals surface area contributed by atoms with Crippen LogP contribution in [0.5, 0.6) is 0 Å². The number of allylic oxidation sites excluding steroid dienone is 3. The lowest BCUT2D eigenvalue weighted by atomic mass is 9.85. The fourth-order valence-corrected chi connectivity index (χ4v) is 3.60. The number of aromatic nitrogens is 1. The van der Waals surface area contributed by atoms with E-state index in [4.69, 9.17) is 4.74 Å². The largest absolute Gasteiger partial charge is 0.497 e. The average molecular weight is 386 g/mol. The minimum absolute atomic E-state index is 0.297. The molecule has 1 aromatic heterocycles. The van der Waals surface area contributed by atoms with Gasteiger partial charge in [-0.2, -0.15) is 0 Å². The molecule has 1 atom stereocenters. The van der Waals surface area contributed by atoms with Gasteiger partial charge in [-0.3, -0.25) is 9.98 Å². The van der Waals surface area contributed by atoms with Gasteiger partial charge < -0.3 is 10.1 Å². The van der Waals surface area contributed by atoms with Gasteiger partial charge in [0.1, 0.15) is 11.6 Å². The van der Waals surface area contributed by atoms with Gasteiger partial charge in [-0.1, -0.05) is 37.4 Å². The summed E-state index contributed by atoms with van der Waals surface area (Å²) in [5.74, 6) is 1.97. The first-order valence-electron chi connectivity index (χ1n) is 9.60. The lowest BCUT2D eigenvalue weighted by Crippen LogP contribution is -2.25. The second-order valence-corrected chi connectivity index (χ2v) is 6.88. The Balaban J connectivity index is 1.96. The Morgan fingerprint density at radius 2 is 2.17 bits per heavy atom. The molecule has 1 aliphatic rings. The van der Waals surface area contributed by atoms with E-state index >= 15 is 0 Å². The molecule has 0 amide bonds. The van der Waals surface area contributed by atoms with Crippen LogP contribution >= 0.6 is 0 Å². The number of hydrogen-bond acceptors (Lipinski definition) is 3. The fraction of sp³-hybridized carbons (Fsp3) is 0.200. The normalized spacial score (nSPS) is 16.2. The Labute approximate surface area is 173 Å². The molecule has 1 aliphatic carbocycles. The molecule has 1 N–H and O–H groups in total. The highest BCUT2D eigenvalue weighted by molar-refractivity contribution is 6.07. The summed E-state index contributed by atoms with van der Waals surface area (Å²) in [5.41, 5.74) is 6.20. The third kappa shape index (κ3) is 4.37. The summed E-state index contributed by atoms with van der Waals surface area (Å²) in [6.07, 6.45) is 12.7. The number of pyridine rings is 1. The van der Waals surface area contributed by atoms with Gasteiger partial charge in [0.2, 0.25) is 0 Å². The molecule has 2 aromatic rings. The van der Waals surface area contributed by atoms with Crippen LogP contribution in [0.4, 0.5) is 0 Å². The van der Waals surface area contributed by atoms with Crippen molar-refractivity contribution in [2.75, 3.05) is 14.2 Å². The number of rotatable bonds is 6. The number of nitrogens with one attached hydrogen (secondary N) is 1. The Morgan fingerprint density at radius 1 is 1.34 bits per heavy atom. The van der Waals surface area contributed by atoms with Crippen LogP contribution in [0.25, 0.3) is 11.8 Å². The lowest BCUT2D eigenvalue weighted by Gasteiger charge is -2.23. The molecule has 0 radical (unpaired) electrons. The maximum atomic E-state index is 5.32. The molecule has 1 aromatic carbocycles. The molecule has 0 aliphatic heterocycles. The molecule has 0 saturated heterocycles. The van der Waals surface area contributed by atoms with Crippen LogP contribution < -0.4 is 5.32 Å². The summed E-state index contributed by atoms with van der Waals surface area (Å²) >= 11 is 0. The molecule has 1 unspecified atom stereocenters. The molecule has 1 heterocycles. The Hall–Kier alpha value is -3.40. The Bertz CT molecular complexity index is 1000. The Kier molecular flexibility index (Phi) is 6.45. The van der Waals surface area contributed by atoms with Crippen LogP contribution in [0.1, 0.15) is 40.2 Å². The van der Waals surface area contributed by atoms with Gasteiger partial charge in [0.25, 0.3) is 0 Å². The molecule has 0 saturated carbocycles. The third-order valence-electron chi connectivity index (χ3n) is 5.20. The molecular weight excluding hydrogens is 358 g/mol. The van der Waals surface area contributed by atoms with Gasteiger partial charge in [-0.05, 0) is 54.3 Å². The SMILES string of the molecule is C=Cc1ccc(C2C=CC(OC)=CC2)c(C)c1C(=NC)NC(=C)c1cccnc1. The van der Waals surface area contributed by atoms with E-state index in [1.165, 1.54) is 11.1 Å². The molecule has 4 nitrogen and oxygen atoms in total. The number of amidine groups is 1. The number of benzene rings is 1. The van der Waals surface area contributed by atoms with E-state index < -0.39 is 0 Å². The summed E-state index contributed by atoms with van der Waals surface area (Å²) < 4.78 is 5.32. The van der Waals surface area contributed by atoms with Crippen LogP contribution in [0.2, 0.25) is 0 Å². The number of ether oxygens (including phenoxy) is 1. The monoisotopic (exact) mass is 385 g/mol. The predicted octanol–water partition coefficient (Wildman–Crippen LogP) is 5.24. The summed E-state index contributed by atoms with van der Waals surface area (Å²) in [6.45, 7) is 10.3. The Morgan fingerprint density at radius 3 is 2.76 bits per heavy atom. The van der Waals surface area contributed by atoms with Crippen molar-refractivity contribution in [1.29, 1.82) is 0 Å². The van der Waals surface area contributed by atoms with Crippen LogP contribution in [0.3, 0.4) is 0 Å². The standard InChI is InChI=1S/C25H27N3O/c1-6-19-11-14-23(20-9-12-22(29-5)13-10-20)17(2)24(19)25(26-4)28-18(3)21-8-7-15-27-16-21/h6-9,11-16,20H,1,3,10H2,2,4-5H3,(H,26,28). The highest BCUT2D eigenvalue weighted by Crippen LogP contribution is 2.32. The van der Waals surface area contributed by atoms with Crippen molar-refractivity contribution < 1.29 is 4.74 Å². The minimum Gasteiger partial charge on any atom is -0.497 e. The highest BCUT2D eigenvalue weighted by atomic mass is 16.5. The van der Waals surface area contributed by atoms with E-state index in [0.29, 0.717) is 5.92 Å². The maximum Gasteiger partial charge on any atom is 0.133 e. The predicted molar refractivity (Wildman–Crippen MR) is 122 cm³/mol. The van der Waals surface area contributed by atoms with Gasteiger partial charge in [0.15, 0.2) is 0 Å². The molecule has 29 heavy (non-hydrogen) atoms. The van der Waals surface area contributed by atoms with Gasteiger partial charge >= 0.3 is 0 Å². The third-order valence-corrected chi connectivity index (χ3v) is 5.20. The first-order chi connectivity index (χ1) is 14.1. The van der Waals surface area contributed by atoms with Crippen LogP contribution in [-0.2, 0) is 4.74 Å². The van der Waals surface area contributed by atoms with Crippen molar-refractivity contribution in [1.82, 2.24) is 10.3 Å². The van der Waals surface area contributed by atoms with E-state index in [1.807, 2.05) is 24.3 Å². The zero-order chi connectivity index (χ0) is 20.8. The fourth-order valence-electron chi connectivity index (χ4n) is 3.60. The summed E-state index contributed by atoms with van der Waals surface area (Å²) in [5, 5.41) is 3.38. The van der Waals surface area contributed by atoms with Crippen molar-refractivity contribution >= 4 is 17.6 Å². The zero-order valence-corrected chi connectivity index (χ0v) is 17.3. The van der Waals surface area contributed by atoms with Gasteiger partial charge in [-0.25, -0.2) is 0 Å². The van der Waals surface area contributed by atoms with Gasteiger partial charge in [0.05, 0.1) is 7.11 Å². The van der Waals surface area contributed by atoms with E-state index in [9.17, 15) is 0 Å². The highest BCUT2D eigenvalue weighted by Gasteiger charge is 2.20. The van der Waals surface area contributed by atoms with E-state index in [0.717, 1.165) is 40.4 Å². The van der Waals surface area contributed by atoms with Crippen LogP contribution in [0.15, 0.2) is 78.8 Å². The summed E-state index contributed by atoms with van der Waals surface area (Å²) in [7, 11) is 3.48. The quantitative estimate of drug-likeness (QED) is 0.546. The molecule has 0 bridgehead atoms. The second-order valence-electron chi connectivity index (χ2n) is 6.88. The van der Waals surface area contributed by atoms with Crippen molar-refractivity contribution in [2.45, 2.75) is 19.3 Å². The molecule has 0 fully saturated rings. The molecule has 148 valence electrons. The summed E-state index contributed by atoms with van der Waals surface area (Å²) in [6, 6.07) is 8.15. The van der Waals surface area contributed by atoms with Gasteiger partial charge in [-0.15, -0.1) is 0 Å². The second kappa shape index (κ2) is 9.20. The number of nitrogens with zero attached hydrogens (tertiary/aromatic N) is 2. The smallest absolute Gasteiger partial charge is 0.133 e. The minimum atomic E-state index is 0.297. The zero-order valence-electron chi connectivity index (χ0n) is 17.3. The van der Waals surface area contributed by atoms with E-state index in [1.54, 1.807) is 26.6 Å². The van der Waals surface area contributed by atoms with Crippen LogP contribution in [0, 0.1) is 6.92 Å². The first-order valence-corrected chi connectivity index (χ1v) is 9.60. The van der Waals surface area contributed by atoms with Gasteiger partial charge in [0, 0.05) is 42.2 Å². The lowest BCUT2D eigenvalue weighted by molar-refractivity contribution is 0.303. The van der Waals surface area contributed by atoms with E-state index in [-0.39, 0.29) is 0 Å². The number of aliphatic imine (C=N–C) groups is 1. The summed E-state index contributed by atoms with van der Waals surface area (Å²) in [4.78, 5) is 8.70. The van der Waals surface area contributed by atoms with Crippen molar-refractivity contribution in [3.8, 4) is 0 Å². The molecule has 4 heteroatoms. The van der Waals surface area contributed by atoms with E-state index in [2.05, 4.69) is 59.7 Å². The number of hydrogen-bond donors (Lipinski definition) is 1.